The van der Waals surface area contributed by atoms with E-state index in [1.165, 1.54) is 11.0 Å². The van der Waals surface area contributed by atoms with E-state index in [1.807, 2.05) is 51.1 Å². The molecule has 0 saturated heterocycles. The number of hydrogen-bond donors (Lipinski definition) is 1. The molecule has 0 bridgehead atoms. The van der Waals surface area contributed by atoms with Gasteiger partial charge in [-0.25, -0.2) is 8.42 Å². The molecule has 0 aliphatic heterocycles. The maximum Gasteiger partial charge on any atom is 0.416 e. The van der Waals surface area contributed by atoms with Crippen molar-refractivity contribution in [2.24, 2.45) is 0 Å². The van der Waals surface area contributed by atoms with Crippen LogP contribution < -0.4 is 9.62 Å². The van der Waals surface area contributed by atoms with Crippen LogP contribution in [0.4, 0.5) is 18.9 Å². The van der Waals surface area contributed by atoms with Crippen molar-refractivity contribution < 1.29 is 31.2 Å². The third kappa shape index (κ3) is 9.66. The lowest BCUT2D eigenvalue weighted by Gasteiger charge is -2.32. The van der Waals surface area contributed by atoms with Crippen LogP contribution in [0.15, 0.2) is 54.6 Å². The van der Waals surface area contributed by atoms with E-state index in [0.29, 0.717) is 6.42 Å². The van der Waals surface area contributed by atoms with E-state index < -0.39 is 33.3 Å². The van der Waals surface area contributed by atoms with Crippen LogP contribution in [-0.4, -0.2) is 56.1 Å². The molecule has 1 atom stereocenters. The van der Waals surface area contributed by atoms with Crippen LogP contribution in [0.25, 0.3) is 0 Å². The molecular weight excluding hydrogens is 519 g/mol. The third-order valence-corrected chi connectivity index (χ3v) is 6.96. The zero-order valence-electron chi connectivity index (χ0n) is 22.4. The SMILES string of the molecule is C[C@@H](C(=O)NC(C)(C)C)N(CCc1ccccc1)C(=O)CCCN(c1cccc(C(F)(F)F)c1)S(C)(=O)=O. The first-order chi connectivity index (χ1) is 17.5. The van der Waals surface area contributed by atoms with Gasteiger partial charge in [-0.05, 0) is 64.3 Å². The number of sulfonamides is 1. The fourth-order valence-electron chi connectivity index (χ4n) is 3.89. The van der Waals surface area contributed by atoms with E-state index in [4.69, 9.17) is 0 Å². The van der Waals surface area contributed by atoms with Gasteiger partial charge < -0.3 is 10.2 Å². The first-order valence-corrected chi connectivity index (χ1v) is 14.1. The van der Waals surface area contributed by atoms with Gasteiger partial charge >= 0.3 is 6.18 Å². The molecule has 2 aromatic carbocycles. The Kier molecular flexibility index (Phi) is 10.4. The van der Waals surface area contributed by atoms with E-state index in [9.17, 15) is 31.2 Å². The van der Waals surface area contributed by atoms with Gasteiger partial charge in [0, 0.05) is 25.0 Å². The van der Waals surface area contributed by atoms with Crippen LogP contribution in [0.5, 0.6) is 0 Å². The van der Waals surface area contributed by atoms with Crippen molar-refractivity contribution in [1.82, 2.24) is 10.2 Å². The molecule has 38 heavy (non-hydrogen) atoms. The number of nitrogens with zero attached hydrogens (tertiary/aromatic N) is 2. The molecule has 0 spiro atoms. The molecule has 0 radical (unpaired) electrons. The summed E-state index contributed by atoms with van der Waals surface area (Å²) in [7, 11) is -3.92. The van der Waals surface area contributed by atoms with E-state index in [2.05, 4.69) is 5.32 Å². The molecule has 210 valence electrons. The minimum Gasteiger partial charge on any atom is -0.350 e. The highest BCUT2D eigenvalue weighted by atomic mass is 32.2. The normalized spacial score (nSPS) is 13.1. The zero-order chi connectivity index (χ0) is 28.7. The fourth-order valence-corrected chi connectivity index (χ4v) is 4.84. The van der Waals surface area contributed by atoms with Crippen molar-refractivity contribution in [3.05, 3.63) is 65.7 Å². The number of amides is 2. The number of anilines is 1. The standard InChI is InChI=1S/C27H36F3N3O4S/c1-20(25(35)31-26(2,3)4)32(18-16-21-11-7-6-8-12-21)24(34)15-10-17-33(38(5,36)37)23-14-9-13-22(19-23)27(28,29)30/h6-9,11-14,19-20H,10,15-18H2,1-5H3,(H,31,35)/t20-/m0/s1. The van der Waals surface area contributed by atoms with Gasteiger partial charge in [-0.15, -0.1) is 0 Å². The van der Waals surface area contributed by atoms with Gasteiger partial charge in [-0.2, -0.15) is 13.2 Å². The molecule has 7 nitrogen and oxygen atoms in total. The summed E-state index contributed by atoms with van der Waals surface area (Å²) in [5.74, 6) is -0.671. The lowest BCUT2D eigenvalue weighted by atomic mass is 10.1. The summed E-state index contributed by atoms with van der Waals surface area (Å²) >= 11 is 0. The number of alkyl halides is 3. The molecule has 0 aliphatic carbocycles. The number of hydrogen-bond acceptors (Lipinski definition) is 4. The Bertz CT molecular complexity index is 1200. The average Bonchev–Trinajstić information content (AvgIpc) is 2.80. The Labute approximate surface area is 223 Å². The summed E-state index contributed by atoms with van der Waals surface area (Å²) in [6.07, 6.45) is -3.25. The lowest BCUT2D eigenvalue weighted by Crippen LogP contribution is -2.53. The van der Waals surface area contributed by atoms with Crippen molar-refractivity contribution in [1.29, 1.82) is 0 Å². The van der Waals surface area contributed by atoms with Gasteiger partial charge in [0.05, 0.1) is 17.5 Å². The molecular formula is C27H36F3N3O4S. The molecule has 11 heteroatoms. The Hall–Kier alpha value is -3.08. The number of halogens is 3. The molecule has 0 aromatic heterocycles. The number of nitrogens with one attached hydrogen (secondary N) is 1. The fraction of sp³-hybridized carbons (Fsp3) is 0.481. The monoisotopic (exact) mass is 555 g/mol. The van der Waals surface area contributed by atoms with Crippen LogP contribution in [0, 0.1) is 0 Å². The summed E-state index contributed by atoms with van der Waals surface area (Å²) in [6, 6.07) is 12.8. The smallest absolute Gasteiger partial charge is 0.350 e. The van der Waals surface area contributed by atoms with Crippen LogP contribution >= 0.6 is 0 Å². The predicted octanol–water partition coefficient (Wildman–Crippen LogP) is 4.63. The Morgan fingerprint density at radius 1 is 0.974 bits per heavy atom. The molecule has 2 amide bonds. The minimum atomic E-state index is -4.63. The molecule has 2 aromatic rings. The maximum absolute atomic E-state index is 13.3. The van der Waals surface area contributed by atoms with Gasteiger partial charge in [-0.3, -0.25) is 13.9 Å². The van der Waals surface area contributed by atoms with Crippen LogP contribution in [0.1, 0.15) is 51.7 Å². The molecule has 2 rings (SSSR count). The number of benzene rings is 2. The highest BCUT2D eigenvalue weighted by Gasteiger charge is 2.32. The minimum absolute atomic E-state index is 0.0532. The van der Waals surface area contributed by atoms with Crippen LogP contribution in [-0.2, 0) is 32.2 Å². The van der Waals surface area contributed by atoms with E-state index in [-0.39, 0.29) is 43.4 Å². The second-order valence-corrected chi connectivity index (χ2v) is 12.1. The van der Waals surface area contributed by atoms with E-state index in [1.54, 1.807) is 6.92 Å². The van der Waals surface area contributed by atoms with Crippen molar-refractivity contribution in [3.63, 3.8) is 0 Å². The molecule has 0 aliphatic rings. The highest BCUT2D eigenvalue weighted by molar-refractivity contribution is 7.92. The quantitative estimate of drug-likeness (QED) is 0.438. The maximum atomic E-state index is 13.3. The Balaban J connectivity index is 2.18. The van der Waals surface area contributed by atoms with Gasteiger partial charge in [0.15, 0.2) is 0 Å². The first-order valence-electron chi connectivity index (χ1n) is 12.3. The van der Waals surface area contributed by atoms with Gasteiger partial charge in [0.25, 0.3) is 0 Å². The average molecular weight is 556 g/mol. The summed E-state index contributed by atoms with van der Waals surface area (Å²) < 4.78 is 65.1. The summed E-state index contributed by atoms with van der Waals surface area (Å²) in [5, 5.41) is 2.87. The van der Waals surface area contributed by atoms with Crippen LogP contribution in [0.3, 0.4) is 0 Å². The highest BCUT2D eigenvalue weighted by Crippen LogP contribution is 2.32. The lowest BCUT2D eigenvalue weighted by molar-refractivity contribution is -0.140. The Morgan fingerprint density at radius 3 is 2.16 bits per heavy atom. The van der Waals surface area contributed by atoms with Crippen molar-refractivity contribution in [3.8, 4) is 0 Å². The molecule has 0 unspecified atom stereocenters. The Morgan fingerprint density at radius 2 is 1.61 bits per heavy atom. The third-order valence-electron chi connectivity index (χ3n) is 5.76. The van der Waals surface area contributed by atoms with Crippen LogP contribution in [0.2, 0.25) is 0 Å². The second kappa shape index (κ2) is 12.6. The predicted molar refractivity (Wildman–Crippen MR) is 142 cm³/mol. The van der Waals surface area contributed by atoms with Crippen molar-refractivity contribution in [2.75, 3.05) is 23.7 Å². The van der Waals surface area contributed by atoms with Crippen molar-refractivity contribution >= 4 is 27.5 Å². The number of carbonyl (C=O) groups is 2. The van der Waals surface area contributed by atoms with Gasteiger partial charge in [-0.1, -0.05) is 36.4 Å². The number of rotatable bonds is 11. The largest absolute Gasteiger partial charge is 0.416 e. The summed E-state index contributed by atoms with van der Waals surface area (Å²) in [6.45, 7) is 7.21. The molecule has 0 heterocycles. The first kappa shape index (κ1) is 31.1. The van der Waals surface area contributed by atoms with E-state index in [0.717, 1.165) is 34.3 Å². The second-order valence-electron chi connectivity index (χ2n) is 10.2. The van der Waals surface area contributed by atoms with Gasteiger partial charge in [0.2, 0.25) is 21.8 Å². The topological polar surface area (TPSA) is 86.8 Å². The summed E-state index contributed by atoms with van der Waals surface area (Å²) in [5.41, 5.74) is -0.610. The van der Waals surface area contributed by atoms with Gasteiger partial charge in [0.1, 0.15) is 6.04 Å². The van der Waals surface area contributed by atoms with Crippen molar-refractivity contribution in [2.45, 2.75) is 64.7 Å². The van der Waals surface area contributed by atoms with E-state index >= 15 is 0 Å². The molecule has 1 N–H and O–H groups in total. The summed E-state index contributed by atoms with van der Waals surface area (Å²) in [4.78, 5) is 27.6. The zero-order valence-corrected chi connectivity index (χ0v) is 23.2. The molecule has 0 saturated carbocycles. The molecule has 0 fully saturated rings. The number of carbonyl (C=O) groups excluding carboxylic acids is 2.